The second-order valence-electron chi connectivity index (χ2n) is 7.30. The molecule has 0 atom stereocenters. The number of allylic oxidation sites excluding steroid dienone is 3. The molecule has 0 N–H and O–H groups in total. The average Bonchev–Trinajstić information content (AvgIpc) is 2.65. The van der Waals surface area contributed by atoms with Crippen molar-refractivity contribution in [1.82, 2.24) is 0 Å². The van der Waals surface area contributed by atoms with Gasteiger partial charge in [-0.2, -0.15) is 0 Å². The van der Waals surface area contributed by atoms with Gasteiger partial charge in [0.25, 0.3) is 0 Å². The molecule has 2 aromatic rings. The third-order valence-electron chi connectivity index (χ3n) is 4.46. The fourth-order valence-electron chi connectivity index (χ4n) is 2.83. The molecule has 1 aromatic heterocycles. The van der Waals surface area contributed by atoms with E-state index in [0.29, 0.717) is 30.3 Å². The summed E-state index contributed by atoms with van der Waals surface area (Å²) in [6.07, 6.45) is 9.55. The minimum atomic E-state index is -0.391. The van der Waals surface area contributed by atoms with Gasteiger partial charge in [-0.1, -0.05) is 37.0 Å². The van der Waals surface area contributed by atoms with E-state index >= 15 is 0 Å². The Labute approximate surface area is 167 Å². The molecule has 1 aromatic carbocycles. The van der Waals surface area contributed by atoms with Crippen LogP contribution in [0.3, 0.4) is 0 Å². The Hall–Kier alpha value is -2.49. The number of ether oxygens (including phenoxy) is 2. The van der Waals surface area contributed by atoms with Gasteiger partial charge in [-0.25, -0.2) is 4.79 Å². The van der Waals surface area contributed by atoms with E-state index in [1.54, 1.807) is 6.07 Å². The van der Waals surface area contributed by atoms with Gasteiger partial charge in [0.2, 0.25) is 5.75 Å². The first-order chi connectivity index (χ1) is 13.5. The third kappa shape index (κ3) is 6.91. The van der Waals surface area contributed by atoms with Crippen molar-refractivity contribution in [2.75, 3.05) is 13.2 Å². The first-order valence-corrected chi connectivity index (χ1v) is 10.1. The molecule has 2 rings (SSSR count). The van der Waals surface area contributed by atoms with Crippen molar-refractivity contribution >= 4 is 11.0 Å². The molecule has 0 aliphatic carbocycles. The van der Waals surface area contributed by atoms with Gasteiger partial charge >= 0.3 is 5.63 Å². The zero-order valence-corrected chi connectivity index (χ0v) is 17.5. The lowest BCUT2D eigenvalue weighted by molar-refractivity contribution is 0.275. The van der Waals surface area contributed by atoms with Gasteiger partial charge in [0.05, 0.1) is 6.61 Å². The van der Waals surface area contributed by atoms with Gasteiger partial charge in [-0.05, 0) is 64.3 Å². The van der Waals surface area contributed by atoms with Gasteiger partial charge in [0.1, 0.15) is 6.61 Å². The summed E-state index contributed by atoms with van der Waals surface area (Å²) >= 11 is 0. The molecule has 1 heterocycles. The lowest BCUT2D eigenvalue weighted by Gasteiger charge is -2.13. The SMILES string of the molecule is CCCCCOc1c(OC/C=C(\C)CCC=C(C)C)ccc2ccc(=O)oc12. The second-order valence-corrected chi connectivity index (χ2v) is 7.30. The molecule has 0 fully saturated rings. The molecule has 4 heteroatoms. The van der Waals surface area contributed by atoms with E-state index in [-0.39, 0.29) is 0 Å². The van der Waals surface area contributed by atoms with E-state index in [1.165, 1.54) is 17.2 Å². The van der Waals surface area contributed by atoms with E-state index in [9.17, 15) is 4.79 Å². The quantitative estimate of drug-likeness (QED) is 0.254. The van der Waals surface area contributed by atoms with Gasteiger partial charge in [0.15, 0.2) is 11.3 Å². The maximum Gasteiger partial charge on any atom is 0.336 e. The first-order valence-electron chi connectivity index (χ1n) is 10.1. The molecule has 0 aliphatic rings. The molecule has 0 spiro atoms. The monoisotopic (exact) mass is 384 g/mol. The zero-order chi connectivity index (χ0) is 20.4. The standard InChI is InChI=1S/C24H32O4/c1-5-6-7-16-27-24-21(13-11-20-12-14-22(25)28-23(20)24)26-17-15-19(4)10-8-9-18(2)3/h9,11-15H,5-8,10,16-17H2,1-4H3/b19-15+. The zero-order valence-electron chi connectivity index (χ0n) is 17.5. The molecule has 0 radical (unpaired) electrons. The lowest BCUT2D eigenvalue weighted by atomic mass is 10.1. The molecule has 0 amide bonds. The van der Waals surface area contributed by atoms with Crippen LogP contribution in [0.5, 0.6) is 11.5 Å². The summed E-state index contributed by atoms with van der Waals surface area (Å²) < 4.78 is 17.3. The summed E-state index contributed by atoms with van der Waals surface area (Å²) in [4.78, 5) is 11.7. The molecule has 0 saturated carbocycles. The Morgan fingerprint density at radius 2 is 1.82 bits per heavy atom. The van der Waals surface area contributed by atoms with E-state index in [4.69, 9.17) is 13.9 Å². The highest BCUT2D eigenvalue weighted by Crippen LogP contribution is 2.35. The average molecular weight is 385 g/mol. The fourth-order valence-corrected chi connectivity index (χ4v) is 2.83. The van der Waals surface area contributed by atoms with E-state index in [2.05, 4.69) is 39.8 Å². The van der Waals surface area contributed by atoms with Crippen molar-refractivity contribution in [1.29, 1.82) is 0 Å². The molecule has 0 aliphatic heterocycles. The van der Waals surface area contributed by atoms with Crippen LogP contribution in [0, 0.1) is 0 Å². The first kappa shape index (κ1) is 21.8. The van der Waals surface area contributed by atoms with Crippen LogP contribution in [0.25, 0.3) is 11.0 Å². The predicted octanol–water partition coefficient (Wildman–Crippen LogP) is 6.43. The minimum absolute atomic E-state index is 0.391. The Balaban J connectivity index is 2.13. The normalized spacial score (nSPS) is 11.5. The minimum Gasteiger partial charge on any atom is -0.486 e. The van der Waals surface area contributed by atoms with Crippen LogP contribution in [-0.4, -0.2) is 13.2 Å². The van der Waals surface area contributed by atoms with Crippen LogP contribution < -0.4 is 15.1 Å². The number of fused-ring (bicyclic) bond motifs is 1. The second kappa shape index (κ2) is 11.4. The summed E-state index contributed by atoms with van der Waals surface area (Å²) in [6.45, 7) is 9.51. The van der Waals surface area contributed by atoms with Crippen LogP contribution >= 0.6 is 0 Å². The van der Waals surface area contributed by atoms with E-state index in [1.807, 2.05) is 12.1 Å². The number of hydrogen-bond acceptors (Lipinski definition) is 4. The maximum absolute atomic E-state index is 11.7. The van der Waals surface area contributed by atoms with Crippen molar-refractivity contribution in [3.63, 3.8) is 0 Å². The Kier molecular flexibility index (Phi) is 8.86. The Morgan fingerprint density at radius 1 is 1.04 bits per heavy atom. The van der Waals surface area contributed by atoms with Crippen molar-refractivity contribution in [2.45, 2.75) is 59.8 Å². The Bertz CT molecular complexity index is 870. The van der Waals surface area contributed by atoms with Gasteiger partial charge in [0, 0.05) is 11.5 Å². The van der Waals surface area contributed by atoms with Crippen LogP contribution in [0.1, 0.15) is 59.8 Å². The van der Waals surface area contributed by atoms with E-state index in [0.717, 1.165) is 37.5 Å². The molecule has 0 unspecified atom stereocenters. The van der Waals surface area contributed by atoms with Gasteiger partial charge in [-0.3, -0.25) is 0 Å². The summed E-state index contributed by atoms with van der Waals surface area (Å²) in [5.74, 6) is 1.12. The topological polar surface area (TPSA) is 48.7 Å². The molecule has 0 saturated heterocycles. The maximum atomic E-state index is 11.7. The summed E-state index contributed by atoms with van der Waals surface area (Å²) in [6, 6.07) is 6.93. The van der Waals surface area contributed by atoms with Crippen molar-refractivity contribution < 1.29 is 13.9 Å². The van der Waals surface area contributed by atoms with Crippen molar-refractivity contribution in [3.05, 3.63) is 58.0 Å². The predicted molar refractivity (Wildman–Crippen MR) is 115 cm³/mol. The van der Waals surface area contributed by atoms with E-state index < -0.39 is 5.63 Å². The molecule has 0 bridgehead atoms. The summed E-state index contributed by atoms with van der Waals surface area (Å²) in [5, 5.41) is 0.825. The molecular weight excluding hydrogens is 352 g/mol. The fraction of sp³-hybridized carbons (Fsp3) is 0.458. The van der Waals surface area contributed by atoms with Crippen molar-refractivity contribution in [3.8, 4) is 11.5 Å². The molecular formula is C24H32O4. The van der Waals surface area contributed by atoms with Crippen molar-refractivity contribution in [2.24, 2.45) is 0 Å². The summed E-state index contributed by atoms with van der Waals surface area (Å²) in [7, 11) is 0. The lowest BCUT2D eigenvalue weighted by Crippen LogP contribution is -2.04. The number of hydrogen-bond donors (Lipinski definition) is 0. The van der Waals surface area contributed by atoms with Crippen LogP contribution in [0.2, 0.25) is 0 Å². The smallest absolute Gasteiger partial charge is 0.336 e. The molecule has 4 nitrogen and oxygen atoms in total. The molecule has 152 valence electrons. The van der Waals surface area contributed by atoms with Crippen LogP contribution in [0.4, 0.5) is 0 Å². The third-order valence-corrected chi connectivity index (χ3v) is 4.46. The van der Waals surface area contributed by atoms with Crippen LogP contribution in [-0.2, 0) is 0 Å². The van der Waals surface area contributed by atoms with Gasteiger partial charge < -0.3 is 13.9 Å². The van der Waals surface area contributed by atoms with Gasteiger partial charge in [-0.15, -0.1) is 0 Å². The highest BCUT2D eigenvalue weighted by Gasteiger charge is 2.13. The largest absolute Gasteiger partial charge is 0.486 e. The summed E-state index contributed by atoms with van der Waals surface area (Å²) in [5.41, 5.74) is 2.69. The molecule has 28 heavy (non-hydrogen) atoms. The Morgan fingerprint density at radius 3 is 2.57 bits per heavy atom. The highest BCUT2D eigenvalue weighted by atomic mass is 16.5. The van der Waals surface area contributed by atoms with Crippen LogP contribution in [0.15, 0.2) is 56.8 Å². The number of benzene rings is 1. The highest BCUT2D eigenvalue weighted by molar-refractivity contribution is 5.85. The number of unbranched alkanes of at least 4 members (excludes halogenated alkanes) is 2. The number of rotatable bonds is 11.